The van der Waals surface area contributed by atoms with Gasteiger partial charge in [0.15, 0.2) is 0 Å². The van der Waals surface area contributed by atoms with Gasteiger partial charge in [0.1, 0.15) is 0 Å². The fourth-order valence-electron chi connectivity index (χ4n) is 3.16. The van der Waals surface area contributed by atoms with Crippen molar-refractivity contribution in [3.8, 4) is 0 Å². The highest BCUT2D eigenvalue weighted by Crippen LogP contribution is 2.30. The van der Waals surface area contributed by atoms with Gasteiger partial charge in [0.2, 0.25) is 0 Å². The van der Waals surface area contributed by atoms with Gasteiger partial charge in [0, 0.05) is 18.8 Å². The van der Waals surface area contributed by atoms with Gasteiger partial charge in [0.05, 0.1) is 0 Å². The zero-order valence-electron chi connectivity index (χ0n) is 11.5. The van der Waals surface area contributed by atoms with Crippen LogP contribution in [0.25, 0.3) is 0 Å². The van der Waals surface area contributed by atoms with Gasteiger partial charge in [-0.25, -0.2) is 0 Å². The average Bonchev–Trinajstić information content (AvgIpc) is 2.65. The number of hydrogen-bond acceptors (Lipinski definition) is 2. The molecular weight excluding hydrogens is 208 g/mol. The summed E-state index contributed by atoms with van der Waals surface area (Å²) in [5.74, 6) is 0.806. The highest BCUT2D eigenvalue weighted by molar-refractivity contribution is 5.60. The Kier molecular flexibility index (Phi) is 3.72. The molecule has 1 atom stereocenters. The molecule has 17 heavy (non-hydrogen) atoms. The molecular formula is C15H24N2. The normalized spacial score (nSPS) is 20.0. The molecule has 0 radical (unpaired) electrons. The zero-order chi connectivity index (χ0) is 12.4. The Balaban J connectivity index is 2.19. The molecule has 0 amide bonds. The summed E-state index contributed by atoms with van der Waals surface area (Å²) in [7, 11) is 2.05. The van der Waals surface area contributed by atoms with Gasteiger partial charge in [0.25, 0.3) is 0 Å². The first-order chi connectivity index (χ1) is 8.11. The van der Waals surface area contributed by atoms with E-state index in [9.17, 15) is 0 Å². The van der Waals surface area contributed by atoms with Gasteiger partial charge < -0.3 is 10.2 Å². The Morgan fingerprint density at radius 1 is 1.24 bits per heavy atom. The summed E-state index contributed by atoms with van der Waals surface area (Å²) < 4.78 is 0. The molecule has 1 aromatic rings. The van der Waals surface area contributed by atoms with Crippen LogP contribution in [0.3, 0.4) is 0 Å². The number of aryl methyl sites for hydroxylation is 3. The minimum absolute atomic E-state index is 0.806. The third-order valence-electron chi connectivity index (χ3n) is 3.73. The maximum Gasteiger partial charge on any atom is 0.0425 e. The average molecular weight is 232 g/mol. The van der Waals surface area contributed by atoms with Gasteiger partial charge in [-0.3, -0.25) is 0 Å². The standard InChI is InChI=1S/C15H24N2/c1-11-7-12(2)15(13(3)8-11)17-6-5-14(10-17)9-16-4/h7-8,14,16H,5-6,9-10H2,1-4H3. The van der Waals surface area contributed by atoms with Crippen molar-refractivity contribution in [1.82, 2.24) is 5.32 Å². The molecule has 0 aromatic heterocycles. The summed E-state index contributed by atoms with van der Waals surface area (Å²) in [4.78, 5) is 2.56. The van der Waals surface area contributed by atoms with Crippen LogP contribution in [0.1, 0.15) is 23.1 Å². The Labute approximate surface area is 105 Å². The maximum absolute atomic E-state index is 3.29. The van der Waals surface area contributed by atoms with Crippen LogP contribution in [0, 0.1) is 26.7 Å². The minimum Gasteiger partial charge on any atom is -0.371 e. The van der Waals surface area contributed by atoms with Crippen molar-refractivity contribution in [1.29, 1.82) is 0 Å². The lowest BCUT2D eigenvalue weighted by Gasteiger charge is -2.24. The van der Waals surface area contributed by atoms with Gasteiger partial charge >= 0.3 is 0 Å². The summed E-state index contributed by atoms with van der Waals surface area (Å²) in [5.41, 5.74) is 5.68. The third kappa shape index (κ3) is 2.63. The number of nitrogens with one attached hydrogen (secondary N) is 1. The molecule has 1 aliphatic rings. The van der Waals surface area contributed by atoms with E-state index in [1.165, 1.54) is 41.9 Å². The Morgan fingerprint density at radius 3 is 2.47 bits per heavy atom. The van der Waals surface area contributed by atoms with E-state index >= 15 is 0 Å². The summed E-state index contributed by atoms with van der Waals surface area (Å²) in [5, 5.41) is 3.29. The van der Waals surface area contributed by atoms with Crippen LogP contribution in [0.15, 0.2) is 12.1 Å². The fraction of sp³-hybridized carbons (Fsp3) is 0.600. The number of benzene rings is 1. The Hall–Kier alpha value is -1.02. The molecule has 2 rings (SSSR count). The molecule has 1 saturated heterocycles. The summed E-state index contributed by atoms with van der Waals surface area (Å²) in [6.45, 7) is 10.2. The largest absolute Gasteiger partial charge is 0.371 e. The van der Waals surface area contributed by atoms with E-state index in [-0.39, 0.29) is 0 Å². The zero-order valence-corrected chi connectivity index (χ0v) is 11.5. The van der Waals surface area contributed by atoms with E-state index in [0.717, 1.165) is 12.5 Å². The molecule has 2 nitrogen and oxygen atoms in total. The molecule has 94 valence electrons. The van der Waals surface area contributed by atoms with Crippen molar-refractivity contribution in [3.63, 3.8) is 0 Å². The van der Waals surface area contributed by atoms with Crippen molar-refractivity contribution in [2.24, 2.45) is 5.92 Å². The van der Waals surface area contributed by atoms with Gasteiger partial charge in [-0.05, 0) is 57.8 Å². The minimum atomic E-state index is 0.806. The monoisotopic (exact) mass is 232 g/mol. The number of rotatable bonds is 3. The van der Waals surface area contributed by atoms with E-state index in [1.54, 1.807) is 0 Å². The first kappa shape index (κ1) is 12.4. The molecule has 1 aromatic carbocycles. The van der Waals surface area contributed by atoms with Gasteiger partial charge in [-0.15, -0.1) is 0 Å². The highest BCUT2D eigenvalue weighted by atomic mass is 15.2. The van der Waals surface area contributed by atoms with Crippen LogP contribution in [-0.2, 0) is 0 Å². The lowest BCUT2D eigenvalue weighted by molar-refractivity contribution is 0.549. The lowest BCUT2D eigenvalue weighted by atomic mass is 10.0. The van der Waals surface area contributed by atoms with Crippen molar-refractivity contribution >= 4 is 5.69 Å². The topological polar surface area (TPSA) is 15.3 Å². The van der Waals surface area contributed by atoms with E-state index in [4.69, 9.17) is 0 Å². The van der Waals surface area contributed by atoms with Crippen LogP contribution < -0.4 is 10.2 Å². The first-order valence-corrected chi connectivity index (χ1v) is 6.59. The van der Waals surface area contributed by atoms with Crippen molar-refractivity contribution < 1.29 is 0 Å². The van der Waals surface area contributed by atoms with Gasteiger partial charge in [-0.1, -0.05) is 17.7 Å². The number of nitrogens with zero attached hydrogens (tertiary/aromatic N) is 1. The van der Waals surface area contributed by atoms with Crippen molar-refractivity contribution in [3.05, 3.63) is 28.8 Å². The summed E-state index contributed by atoms with van der Waals surface area (Å²) in [6, 6.07) is 4.60. The SMILES string of the molecule is CNCC1CCN(c2c(C)cc(C)cc2C)C1. The molecule has 1 aliphatic heterocycles. The lowest BCUT2D eigenvalue weighted by Crippen LogP contribution is -2.25. The number of anilines is 1. The Bertz CT molecular complexity index is 375. The second-order valence-corrected chi connectivity index (χ2v) is 5.41. The quantitative estimate of drug-likeness (QED) is 0.862. The molecule has 0 bridgehead atoms. The van der Waals surface area contributed by atoms with Crippen LogP contribution in [-0.4, -0.2) is 26.7 Å². The van der Waals surface area contributed by atoms with E-state index in [0.29, 0.717) is 0 Å². The van der Waals surface area contributed by atoms with Crippen molar-refractivity contribution in [2.75, 3.05) is 31.6 Å². The van der Waals surface area contributed by atoms with Crippen LogP contribution in [0.4, 0.5) is 5.69 Å². The predicted molar refractivity (Wildman–Crippen MR) is 74.9 cm³/mol. The second kappa shape index (κ2) is 5.09. The highest BCUT2D eigenvalue weighted by Gasteiger charge is 2.24. The van der Waals surface area contributed by atoms with Gasteiger partial charge in [-0.2, -0.15) is 0 Å². The van der Waals surface area contributed by atoms with E-state index in [1.807, 2.05) is 7.05 Å². The van der Waals surface area contributed by atoms with E-state index in [2.05, 4.69) is 43.1 Å². The fourth-order valence-corrected chi connectivity index (χ4v) is 3.16. The van der Waals surface area contributed by atoms with Crippen LogP contribution in [0.5, 0.6) is 0 Å². The smallest absolute Gasteiger partial charge is 0.0425 e. The Morgan fingerprint density at radius 2 is 1.88 bits per heavy atom. The van der Waals surface area contributed by atoms with Crippen LogP contribution >= 0.6 is 0 Å². The molecule has 1 fully saturated rings. The summed E-state index contributed by atoms with van der Waals surface area (Å²) >= 11 is 0. The maximum atomic E-state index is 3.29. The molecule has 0 spiro atoms. The molecule has 1 heterocycles. The predicted octanol–water partition coefficient (Wildman–Crippen LogP) is 2.66. The number of hydrogen-bond donors (Lipinski definition) is 1. The molecule has 0 saturated carbocycles. The molecule has 2 heteroatoms. The molecule has 1 unspecified atom stereocenters. The molecule has 0 aliphatic carbocycles. The second-order valence-electron chi connectivity index (χ2n) is 5.41. The summed E-state index contributed by atoms with van der Waals surface area (Å²) in [6.07, 6.45) is 1.31. The van der Waals surface area contributed by atoms with E-state index < -0.39 is 0 Å². The van der Waals surface area contributed by atoms with Crippen LogP contribution in [0.2, 0.25) is 0 Å². The molecule has 1 N–H and O–H groups in total. The first-order valence-electron chi connectivity index (χ1n) is 6.59. The third-order valence-corrected chi connectivity index (χ3v) is 3.73. The van der Waals surface area contributed by atoms with Crippen molar-refractivity contribution in [2.45, 2.75) is 27.2 Å².